The second kappa shape index (κ2) is 5.12. The molecule has 0 spiro atoms. The summed E-state index contributed by atoms with van der Waals surface area (Å²) in [6.07, 6.45) is 3.56. The number of amides is 1. The van der Waals surface area contributed by atoms with Crippen LogP contribution in [-0.4, -0.2) is 48.6 Å². The van der Waals surface area contributed by atoms with Crippen LogP contribution in [0.15, 0.2) is 12.2 Å². The molecular formula is C11H18N2O3. The van der Waals surface area contributed by atoms with Crippen molar-refractivity contribution in [2.75, 3.05) is 26.7 Å². The molecule has 16 heavy (non-hydrogen) atoms. The molecule has 5 heteroatoms. The highest BCUT2D eigenvalue weighted by Gasteiger charge is 2.39. The fourth-order valence-corrected chi connectivity index (χ4v) is 2.00. The van der Waals surface area contributed by atoms with E-state index in [1.807, 2.05) is 6.92 Å². The standard InChI is InChI=1S/C11H18N2O3/c1-11(10(16)12-2)5-7-13(8-11)6-3-4-9(14)15/h3-4H,5-8H2,1-2H3,(H,12,16)(H,14,15)/b4-3+. The highest BCUT2D eigenvalue weighted by molar-refractivity contribution is 5.82. The van der Waals surface area contributed by atoms with Crippen molar-refractivity contribution in [2.24, 2.45) is 5.41 Å². The molecule has 0 aromatic rings. The number of aliphatic carboxylic acids is 1. The van der Waals surface area contributed by atoms with Crippen LogP contribution in [0.3, 0.4) is 0 Å². The number of carboxylic acids is 1. The minimum Gasteiger partial charge on any atom is -0.478 e. The molecule has 1 atom stereocenters. The van der Waals surface area contributed by atoms with Gasteiger partial charge < -0.3 is 10.4 Å². The van der Waals surface area contributed by atoms with Gasteiger partial charge in [0.25, 0.3) is 0 Å². The van der Waals surface area contributed by atoms with E-state index in [-0.39, 0.29) is 11.3 Å². The highest BCUT2D eigenvalue weighted by atomic mass is 16.4. The Morgan fingerprint density at radius 1 is 1.56 bits per heavy atom. The van der Waals surface area contributed by atoms with E-state index in [0.29, 0.717) is 13.1 Å². The number of rotatable bonds is 4. The van der Waals surface area contributed by atoms with Crippen LogP contribution in [0.25, 0.3) is 0 Å². The van der Waals surface area contributed by atoms with Crippen LogP contribution in [0.4, 0.5) is 0 Å². The average Bonchev–Trinajstić information content (AvgIpc) is 2.60. The molecule has 0 aromatic carbocycles. The maximum Gasteiger partial charge on any atom is 0.328 e. The third kappa shape index (κ3) is 3.06. The minimum absolute atomic E-state index is 0.0530. The lowest BCUT2D eigenvalue weighted by Crippen LogP contribution is -2.39. The van der Waals surface area contributed by atoms with Crippen LogP contribution in [0.5, 0.6) is 0 Å². The summed E-state index contributed by atoms with van der Waals surface area (Å²) in [4.78, 5) is 24.0. The Labute approximate surface area is 95.1 Å². The van der Waals surface area contributed by atoms with Gasteiger partial charge in [0.15, 0.2) is 0 Å². The van der Waals surface area contributed by atoms with Crippen molar-refractivity contribution in [3.8, 4) is 0 Å². The third-order valence-corrected chi connectivity index (χ3v) is 2.95. The van der Waals surface area contributed by atoms with Crippen LogP contribution in [0, 0.1) is 5.41 Å². The highest BCUT2D eigenvalue weighted by Crippen LogP contribution is 2.29. The lowest BCUT2D eigenvalue weighted by Gasteiger charge is -2.22. The predicted molar refractivity (Wildman–Crippen MR) is 60.0 cm³/mol. The van der Waals surface area contributed by atoms with Gasteiger partial charge in [0.2, 0.25) is 5.91 Å². The molecule has 0 bridgehead atoms. The largest absolute Gasteiger partial charge is 0.478 e. The first-order chi connectivity index (χ1) is 7.48. The molecule has 0 aliphatic carbocycles. The Morgan fingerprint density at radius 3 is 2.81 bits per heavy atom. The summed E-state index contributed by atoms with van der Waals surface area (Å²) in [5.74, 6) is -0.884. The summed E-state index contributed by atoms with van der Waals surface area (Å²) in [6, 6.07) is 0. The zero-order chi connectivity index (χ0) is 12.2. The molecule has 1 unspecified atom stereocenters. The first-order valence-corrected chi connectivity index (χ1v) is 5.32. The van der Waals surface area contributed by atoms with Crippen molar-refractivity contribution in [3.63, 3.8) is 0 Å². The smallest absolute Gasteiger partial charge is 0.328 e. The summed E-state index contributed by atoms with van der Waals surface area (Å²) in [7, 11) is 1.64. The van der Waals surface area contributed by atoms with E-state index in [9.17, 15) is 9.59 Å². The van der Waals surface area contributed by atoms with Crippen molar-refractivity contribution in [1.82, 2.24) is 10.2 Å². The quantitative estimate of drug-likeness (QED) is 0.666. The first kappa shape index (κ1) is 12.7. The third-order valence-electron chi connectivity index (χ3n) is 2.95. The van der Waals surface area contributed by atoms with Gasteiger partial charge in [-0.05, 0) is 19.9 Å². The van der Waals surface area contributed by atoms with Gasteiger partial charge in [-0.25, -0.2) is 4.79 Å². The van der Waals surface area contributed by atoms with E-state index in [0.717, 1.165) is 19.0 Å². The second-order valence-corrected chi connectivity index (χ2v) is 4.37. The van der Waals surface area contributed by atoms with E-state index in [1.165, 1.54) is 0 Å². The molecule has 1 amide bonds. The van der Waals surface area contributed by atoms with Gasteiger partial charge in [0, 0.05) is 26.2 Å². The fourth-order valence-electron chi connectivity index (χ4n) is 2.00. The number of carbonyl (C=O) groups is 2. The van der Waals surface area contributed by atoms with E-state index in [2.05, 4.69) is 10.2 Å². The molecule has 0 aromatic heterocycles. The number of hydrogen-bond acceptors (Lipinski definition) is 3. The molecule has 1 rings (SSSR count). The summed E-state index contributed by atoms with van der Waals surface area (Å²) in [6.45, 7) is 4.02. The summed E-state index contributed by atoms with van der Waals surface area (Å²) in [5, 5.41) is 11.1. The monoisotopic (exact) mass is 226 g/mol. The van der Waals surface area contributed by atoms with Gasteiger partial charge in [-0.1, -0.05) is 6.08 Å². The van der Waals surface area contributed by atoms with Crippen molar-refractivity contribution in [1.29, 1.82) is 0 Å². The molecule has 1 fully saturated rings. The Kier molecular flexibility index (Phi) is 4.06. The molecule has 1 aliphatic rings. The molecule has 0 radical (unpaired) electrons. The van der Waals surface area contributed by atoms with E-state index in [1.54, 1.807) is 13.1 Å². The molecular weight excluding hydrogens is 208 g/mol. The Hall–Kier alpha value is -1.36. The van der Waals surface area contributed by atoms with Crippen LogP contribution < -0.4 is 5.32 Å². The predicted octanol–water partition coefficient (Wildman–Crippen LogP) is 0.0852. The number of nitrogens with one attached hydrogen (secondary N) is 1. The molecule has 1 saturated heterocycles. The zero-order valence-electron chi connectivity index (χ0n) is 9.69. The maximum atomic E-state index is 11.6. The molecule has 90 valence electrons. The zero-order valence-corrected chi connectivity index (χ0v) is 9.69. The lowest BCUT2D eigenvalue weighted by molar-refractivity contribution is -0.131. The van der Waals surface area contributed by atoms with Gasteiger partial charge in [-0.3, -0.25) is 9.69 Å². The van der Waals surface area contributed by atoms with Gasteiger partial charge in [0.05, 0.1) is 5.41 Å². The van der Waals surface area contributed by atoms with Gasteiger partial charge in [-0.15, -0.1) is 0 Å². The molecule has 1 aliphatic heterocycles. The maximum absolute atomic E-state index is 11.6. The van der Waals surface area contributed by atoms with Gasteiger partial charge >= 0.3 is 5.97 Å². The summed E-state index contributed by atoms with van der Waals surface area (Å²) in [5.41, 5.74) is -0.341. The number of likely N-dealkylation sites (tertiary alicyclic amines) is 1. The Morgan fingerprint density at radius 2 is 2.25 bits per heavy atom. The van der Waals surface area contributed by atoms with E-state index < -0.39 is 5.97 Å². The minimum atomic E-state index is -0.937. The van der Waals surface area contributed by atoms with Crippen molar-refractivity contribution in [2.45, 2.75) is 13.3 Å². The number of hydrogen-bond donors (Lipinski definition) is 2. The van der Waals surface area contributed by atoms with Crippen LogP contribution in [0.1, 0.15) is 13.3 Å². The van der Waals surface area contributed by atoms with Crippen LogP contribution in [-0.2, 0) is 9.59 Å². The van der Waals surface area contributed by atoms with E-state index >= 15 is 0 Å². The Bertz CT molecular complexity index is 314. The molecule has 1 heterocycles. The number of nitrogens with zero attached hydrogens (tertiary/aromatic N) is 1. The normalized spacial score (nSPS) is 26.1. The molecule has 5 nitrogen and oxygen atoms in total. The average molecular weight is 226 g/mol. The number of carbonyl (C=O) groups excluding carboxylic acids is 1. The molecule has 2 N–H and O–H groups in total. The molecule has 0 saturated carbocycles. The first-order valence-electron chi connectivity index (χ1n) is 5.32. The number of carboxylic acid groups (broad SMARTS) is 1. The summed E-state index contributed by atoms with van der Waals surface area (Å²) >= 11 is 0. The van der Waals surface area contributed by atoms with Crippen molar-refractivity contribution in [3.05, 3.63) is 12.2 Å². The summed E-state index contributed by atoms with van der Waals surface area (Å²) < 4.78 is 0. The van der Waals surface area contributed by atoms with Crippen LogP contribution in [0.2, 0.25) is 0 Å². The van der Waals surface area contributed by atoms with Gasteiger partial charge in [-0.2, -0.15) is 0 Å². The van der Waals surface area contributed by atoms with Crippen molar-refractivity contribution >= 4 is 11.9 Å². The van der Waals surface area contributed by atoms with E-state index in [4.69, 9.17) is 5.11 Å². The lowest BCUT2D eigenvalue weighted by atomic mass is 9.89. The fraction of sp³-hybridized carbons (Fsp3) is 0.636. The van der Waals surface area contributed by atoms with Gasteiger partial charge in [0.1, 0.15) is 0 Å². The van der Waals surface area contributed by atoms with Crippen molar-refractivity contribution < 1.29 is 14.7 Å². The van der Waals surface area contributed by atoms with Crippen LogP contribution >= 0.6 is 0 Å². The Balaban J connectivity index is 2.46. The SMILES string of the molecule is CNC(=O)C1(C)CCN(C/C=C/C(=O)O)C1. The topological polar surface area (TPSA) is 69.6 Å². The second-order valence-electron chi connectivity index (χ2n) is 4.37.